The predicted molar refractivity (Wildman–Crippen MR) is 372 cm³/mol. The van der Waals surface area contributed by atoms with Gasteiger partial charge in [-0.15, -0.1) is 0 Å². The molecular formula is C73H142O17P2. The summed E-state index contributed by atoms with van der Waals surface area (Å²) in [6, 6.07) is 0. The summed E-state index contributed by atoms with van der Waals surface area (Å²) in [4.78, 5) is 72.6. The molecule has 0 aliphatic heterocycles. The molecule has 0 spiro atoms. The first-order valence-corrected chi connectivity index (χ1v) is 40.8. The van der Waals surface area contributed by atoms with Crippen molar-refractivity contribution < 1.29 is 80.2 Å². The second-order valence-corrected chi connectivity index (χ2v) is 30.7. The van der Waals surface area contributed by atoms with E-state index in [-0.39, 0.29) is 25.7 Å². The van der Waals surface area contributed by atoms with Gasteiger partial charge in [0.25, 0.3) is 0 Å². The molecule has 5 atom stereocenters. The Morgan fingerprint density at radius 1 is 0.293 bits per heavy atom. The van der Waals surface area contributed by atoms with E-state index in [1.54, 1.807) is 0 Å². The van der Waals surface area contributed by atoms with Crippen molar-refractivity contribution in [3.05, 3.63) is 0 Å². The lowest BCUT2D eigenvalue weighted by atomic mass is 10.0. The number of hydrogen-bond donors (Lipinski definition) is 3. The summed E-state index contributed by atoms with van der Waals surface area (Å²) in [7, 11) is -9.90. The van der Waals surface area contributed by atoms with Crippen LogP contribution >= 0.6 is 15.6 Å². The number of aliphatic hydroxyl groups excluding tert-OH is 1. The first-order valence-electron chi connectivity index (χ1n) is 37.8. The maximum Gasteiger partial charge on any atom is 0.472 e. The molecule has 0 aromatic carbocycles. The summed E-state index contributed by atoms with van der Waals surface area (Å²) >= 11 is 0. The van der Waals surface area contributed by atoms with E-state index >= 15 is 0 Å². The second kappa shape index (κ2) is 63.8. The van der Waals surface area contributed by atoms with Crippen molar-refractivity contribution in [3.8, 4) is 0 Å². The van der Waals surface area contributed by atoms with Gasteiger partial charge < -0.3 is 33.8 Å². The van der Waals surface area contributed by atoms with Gasteiger partial charge in [-0.3, -0.25) is 37.3 Å². The second-order valence-electron chi connectivity index (χ2n) is 27.8. The number of esters is 4. The van der Waals surface area contributed by atoms with E-state index in [0.717, 1.165) is 108 Å². The van der Waals surface area contributed by atoms with Gasteiger partial charge in [-0.1, -0.05) is 318 Å². The van der Waals surface area contributed by atoms with Gasteiger partial charge in [0.1, 0.15) is 19.3 Å². The van der Waals surface area contributed by atoms with Crippen LogP contribution < -0.4 is 0 Å². The standard InChI is InChI=1S/C73H142O17P2/c1-8-9-10-11-12-13-14-21-28-33-42-49-56-72(77)90-69(61-84-71(76)55-48-41-36-35-39-46-53-66(6)7)63-88-92(81,82)86-59-67(74)58-85-91(79,80)87-62-68(60-83-70(75)54-47-40-32-27-24-23-26-31-38-45-52-65(4)5)89-73(78)57-50-43-34-29-22-19-17-15-16-18-20-25-30-37-44-51-64(2)3/h64-69,74H,8-63H2,1-7H3,(H,79,80)(H,81,82)/t67-,68-,69-/m1/s1. The number of carbonyl (C=O) groups excluding carboxylic acids is 4. The van der Waals surface area contributed by atoms with Crippen LogP contribution in [0.25, 0.3) is 0 Å². The molecule has 0 aliphatic rings. The van der Waals surface area contributed by atoms with Gasteiger partial charge in [0.2, 0.25) is 0 Å². The molecule has 2 unspecified atom stereocenters. The fourth-order valence-corrected chi connectivity index (χ4v) is 12.7. The third kappa shape index (κ3) is 66.7. The minimum atomic E-state index is -4.95. The van der Waals surface area contributed by atoms with Crippen LogP contribution in [0.2, 0.25) is 0 Å². The van der Waals surface area contributed by atoms with Crippen LogP contribution in [-0.2, 0) is 65.4 Å². The molecule has 0 aromatic heterocycles. The fraction of sp³-hybridized carbons (Fsp3) is 0.945. The molecular weight excluding hydrogens is 1210 g/mol. The summed E-state index contributed by atoms with van der Waals surface area (Å²) in [6.07, 6.45) is 48.7. The van der Waals surface area contributed by atoms with E-state index in [4.69, 9.17) is 37.0 Å². The average Bonchev–Trinajstić information content (AvgIpc) is 2.54. The average molecular weight is 1350 g/mol. The van der Waals surface area contributed by atoms with Gasteiger partial charge in [0.15, 0.2) is 12.2 Å². The Hall–Kier alpha value is -1.94. The highest BCUT2D eigenvalue weighted by molar-refractivity contribution is 7.47. The third-order valence-corrected chi connectivity index (χ3v) is 18.8. The zero-order valence-corrected chi connectivity index (χ0v) is 61.8. The zero-order chi connectivity index (χ0) is 68.0. The first-order chi connectivity index (χ1) is 44.2. The van der Waals surface area contributed by atoms with E-state index in [1.807, 2.05) is 0 Å². The van der Waals surface area contributed by atoms with E-state index in [9.17, 15) is 43.2 Å². The van der Waals surface area contributed by atoms with E-state index in [2.05, 4.69) is 48.5 Å². The molecule has 0 aliphatic carbocycles. The minimum Gasteiger partial charge on any atom is -0.462 e. The Morgan fingerprint density at radius 2 is 0.500 bits per heavy atom. The van der Waals surface area contributed by atoms with E-state index < -0.39 is 97.5 Å². The van der Waals surface area contributed by atoms with Gasteiger partial charge in [0.05, 0.1) is 26.4 Å². The quantitative estimate of drug-likeness (QED) is 0.0222. The van der Waals surface area contributed by atoms with E-state index in [0.29, 0.717) is 31.6 Å². The molecule has 3 N–H and O–H groups in total. The lowest BCUT2D eigenvalue weighted by molar-refractivity contribution is -0.161. The van der Waals surface area contributed by atoms with Crippen molar-refractivity contribution in [3.63, 3.8) is 0 Å². The normalized spacial score (nSPS) is 14.1. The maximum atomic E-state index is 13.1. The van der Waals surface area contributed by atoms with Crippen molar-refractivity contribution >= 4 is 39.5 Å². The number of phosphoric ester groups is 2. The maximum absolute atomic E-state index is 13.1. The Morgan fingerprint density at radius 3 is 0.739 bits per heavy atom. The smallest absolute Gasteiger partial charge is 0.462 e. The molecule has 0 radical (unpaired) electrons. The number of rotatable bonds is 71. The molecule has 0 rings (SSSR count). The van der Waals surface area contributed by atoms with Crippen LogP contribution in [-0.4, -0.2) is 96.7 Å². The topological polar surface area (TPSA) is 237 Å². The number of carbonyl (C=O) groups is 4. The number of phosphoric acid groups is 2. The van der Waals surface area contributed by atoms with Crippen molar-refractivity contribution in [2.24, 2.45) is 17.8 Å². The summed E-state index contributed by atoms with van der Waals surface area (Å²) in [5.41, 5.74) is 0. The predicted octanol–water partition coefficient (Wildman–Crippen LogP) is 21.0. The Balaban J connectivity index is 5.23. The minimum absolute atomic E-state index is 0.106. The van der Waals surface area contributed by atoms with Gasteiger partial charge in [0, 0.05) is 25.7 Å². The molecule has 0 fully saturated rings. The molecule has 17 nitrogen and oxygen atoms in total. The number of hydrogen-bond acceptors (Lipinski definition) is 15. The molecule has 0 aromatic rings. The monoisotopic (exact) mass is 1350 g/mol. The highest BCUT2D eigenvalue weighted by atomic mass is 31.2. The van der Waals surface area contributed by atoms with Crippen LogP contribution in [0.5, 0.6) is 0 Å². The fourth-order valence-electron chi connectivity index (χ4n) is 11.1. The number of unbranched alkanes of at least 4 members (excludes halogenated alkanes) is 39. The van der Waals surface area contributed by atoms with Gasteiger partial charge in [-0.2, -0.15) is 0 Å². The summed E-state index contributed by atoms with van der Waals surface area (Å²) in [5, 5.41) is 10.6. The third-order valence-electron chi connectivity index (χ3n) is 16.9. The highest BCUT2D eigenvalue weighted by Crippen LogP contribution is 2.45. The summed E-state index contributed by atoms with van der Waals surface area (Å²) in [6.45, 7) is 11.8. The Labute approximate surface area is 562 Å². The van der Waals surface area contributed by atoms with Crippen LogP contribution in [0.15, 0.2) is 0 Å². The Kier molecular flexibility index (Phi) is 62.4. The molecule has 0 bridgehead atoms. The molecule has 0 heterocycles. The largest absolute Gasteiger partial charge is 0.472 e. The van der Waals surface area contributed by atoms with Crippen molar-refractivity contribution in [2.75, 3.05) is 39.6 Å². The summed E-state index contributed by atoms with van der Waals surface area (Å²) < 4.78 is 68.4. The van der Waals surface area contributed by atoms with Gasteiger partial charge in [-0.25, -0.2) is 9.13 Å². The van der Waals surface area contributed by atoms with Crippen LogP contribution in [0.3, 0.4) is 0 Å². The molecule has 0 saturated heterocycles. The number of ether oxygens (including phenoxy) is 4. The number of aliphatic hydroxyl groups is 1. The molecule has 0 amide bonds. The van der Waals surface area contributed by atoms with Crippen molar-refractivity contribution in [1.82, 2.24) is 0 Å². The molecule has 546 valence electrons. The SMILES string of the molecule is CCCCCCCCCCCCCCC(=O)O[C@H](COC(=O)CCCCCCCCC(C)C)COP(=O)(O)OC[C@H](O)COP(=O)(O)OC[C@@H](COC(=O)CCCCCCCCCCCCC(C)C)OC(=O)CCCCCCCCCCCCCCCCCC(C)C. The van der Waals surface area contributed by atoms with E-state index in [1.165, 1.54) is 173 Å². The van der Waals surface area contributed by atoms with Crippen LogP contribution in [0, 0.1) is 17.8 Å². The van der Waals surface area contributed by atoms with Crippen molar-refractivity contribution in [2.45, 2.75) is 388 Å². The molecule has 0 saturated carbocycles. The lowest BCUT2D eigenvalue weighted by Crippen LogP contribution is -2.30. The molecule has 19 heteroatoms. The lowest BCUT2D eigenvalue weighted by Gasteiger charge is -2.21. The highest BCUT2D eigenvalue weighted by Gasteiger charge is 2.30. The van der Waals surface area contributed by atoms with Gasteiger partial charge in [-0.05, 0) is 43.4 Å². The zero-order valence-electron chi connectivity index (χ0n) is 60.0. The van der Waals surface area contributed by atoms with Crippen LogP contribution in [0.4, 0.5) is 0 Å². The van der Waals surface area contributed by atoms with Gasteiger partial charge >= 0.3 is 39.5 Å². The van der Waals surface area contributed by atoms with Crippen LogP contribution in [0.1, 0.15) is 370 Å². The summed E-state index contributed by atoms with van der Waals surface area (Å²) in [5.74, 6) is 0.118. The van der Waals surface area contributed by atoms with Crippen molar-refractivity contribution in [1.29, 1.82) is 0 Å². The molecule has 92 heavy (non-hydrogen) atoms. The first kappa shape index (κ1) is 90.1. The Bertz CT molecular complexity index is 1800.